The lowest BCUT2D eigenvalue weighted by Gasteiger charge is -2.18. The van der Waals surface area contributed by atoms with Gasteiger partial charge in [0.1, 0.15) is 0 Å². The van der Waals surface area contributed by atoms with Crippen LogP contribution in [0.3, 0.4) is 0 Å². The summed E-state index contributed by atoms with van der Waals surface area (Å²) in [6.45, 7) is 2.12. The van der Waals surface area contributed by atoms with Crippen molar-refractivity contribution in [1.29, 1.82) is 0 Å². The van der Waals surface area contributed by atoms with Crippen molar-refractivity contribution in [2.45, 2.75) is 13.0 Å². The summed E-state index contributed by atoms with van der Waals surface area (Å²) in [5.41, 5.74) is 3.28. The van der Waals surface area contributed by atoms with Gasteiger partial charge in [0.05, 0.1) is 12.6 Å². The topological polar surface area (TPSA) is 32.3 Å². The summed E-state index contributed by atoms with van der Waals surface area (Å²) in [6.07, 6.45) is 0. The summed E-state index contributed by atoms with van der Waals surface area (Å²) in [4.78, 5) is 0. The summed E-state index contributed by atoms with van der Waals surface area (Å²) < 4.78 is 1.02. The van der Waals surface area contributed by atoms with Gasteiger partial charge in [-0.25, -0.2) is 0 Å². The van der Waals surface area contributed by atoms with Gasteiger partial charge in [0.15, 0.2) is 0 Å². The molecule has 0 bridgehead atoms. The SMILES string of the molecule is Cc1cccc(C(CO)Nc2cccc(Br)c2)c1. The monoisotopic (exact) mass is 305 g/mol. The summed E-state index contributed by atoms with van der Waals surface area (Å²) in [5, 5.41) is 12.9. The molecule has 1 atom stereocenters. The van der Waals surface area contributed by atoms with Crippen molar-refractivity contribution in [3.63, 3.8) is 0 Å². The van der Waals surface area contributed by atoms with Gasteiger partial charge >= 0.3 is 0 Å². The predicted octanol–water partition coefficient (Wildman–Crippen LogP) is 3.90. The lowest BCUT2D eigenvalue weighted by Crippen LogP contribution is -2.14. The number of anilines is 1. The molecule has 2 aromatic rings. The van der Waals surface area contributed by atoms with Crippen LogP contribution in [0.25, 0.3) is 0 Å². The molecule has 2 nitrogen and oxygen atoms in total. The fourth-order valence-corrected chi connectivity index (χ4v) is 2.30. The fourth-order valence-electron chi connectivity index (χ4n) is 1.90. The standard InChI is InChI=1S/C15H16BrNO/c1-11-4-2-5-12(8-11)15(10-18)17-14-7-3-6-13(16)9-14/h2-9,15,17-18H,10H2,1H3. The number of aryl methyl sites for hydroxylation is 1. The molecule has 0 spiro atoms. The Bertz CT molecular complexity index is 527. The molecule has 0 saturated carbocycles. The Balaban J connectivity index is 2.19. The van der Waals surface area contributed by atoms with E-state index in [0.717, 1.165) is 15.7 Å². The van der Waals surface area contributed by atoms with Crippen molar-refractivity contribution >= 4 is 21.6 Å². The molecule has 2 aromatic carbocycles. The Morgan fingerprint density at radius 3 is 2.61 bits per heavy atom. The number of aliphatic hydroxyl groups excluding tert-OH is 1. The van der Waals surface area contributed by atoms with Crippen molar-refractivity contribution in [1.82, 2.24) is 0 Å². The number of halogens is 1. The Kier molecular flexibility index (Phi) is 4.39. The highest BCUT2D eigenvalue weighted by atomic mass is 79.9. The summed E-state index contributed by atoms with van der Waals surface area (Å²) >= 11 is 3.44. The van der Waals surface area contributed by atoms with E-state index in [0.29, 0.717) is 0 Å². The maximum Gasteiger partial charge on any atom is 0.0745 e. The number of hydrogen-bond acceptors (Lipinski definition) is 2. The van der Waals surface area contributed by atoms with Crippen molar-refractivity contribution in [2.75, 3.05) is 11.9 Å². The predicted molar refractivity (Wildman–Crippen MR) is 78.8 cm³/mol. The molecule has 0 aliphatic carbocycles. The Morgan fingerprint density at radius 1 is 1.17 bits per heavy atom. The number of aliphatic hydroxyl groups is 1. The Morgan fingerprint density at radius 2 is 1.94 bits per heavy atom. The first-order valence-electron chi connectivity index (χ1n) is 5.88. The second kappa shape index (κ2) is 6.03. The zero-order valence-corrected chi connectivity index (χ0v) is 11.8. The summed E-state index contributed by atoms with van der Waals surface area (Å²) in [6, 6.07) is 16.0. The van der Waals surface area contributed by atoms with Crippen LogP contribution in [0.1, 0.15) is 17.2 Å². The molecule has 0 aliphatic heterocycles. The molecule has 0 heterocycles. The van der Waals surface area contributed by atoms with Gasteiger partial charge in [-0.05, 0) is 30.7 Å². The number of rotatable bonds is 4. The molecule has 3 heteroatoms. The van der Waals surface area contributed by atoms with E-state index < -0.39 is 0 Å². The minimum absolute atomic E-state index is 0.0654. The van der Waals surface area contributed by atoms with Crippen LogP contribution in [0.15, 0.2) is 53.0 Å². The Labute approximate surface area is 116 Å². The summed E-state index contributed by atoms with van der Waals surface area (Å²) in [5.74, 6) is 0. The molecule has 0 amide bonds. The average Bonchev–Trinajstić information content (AvgIpc) is 2.36. The minimum atomic E-state index is -0.0841. The van der Waals surface area contributed by atoms with Crippen molar-refractivity contribution in [3.8, 4) is 0 Å². The molecule has 0 aliphatic rings. The van der Waals surface area contributed by atoms with Gasteiger partial charge in [0.25, 0.3) is 0 Å². The maximum atomic E-state index is 9.53. The third kappa shape index (κ3) is 3.34. The quantitative estimate of drug-likeness (QED) is 0.898. The largest absolute Gasteiger partial charge is 0.394 e. The normalized spacial score (nSPS) is 12.2. The van der Waals surface area contributed by atoms with Crippen molar-refractivity contribution < 1.29 is 5.11 Å². The van der Waals surface area contributed by atoms with Crippen molar-refractivity contribution in [2.24, 2.45) is 0 Å². The maximum absolute atomic E-state index is 9.53. The van der Waals surface area contributed by atoms with Crippen LogP contribution in [0.2, 0.25) is 0 Å². The number of nitrogens with one attached hydrogen (secondary N) is 1. The molecular weight excluding hydrogens is 290 g/mol. The summed E-state index contributed by atoms with van der Waals surface area (Å²) in [7, 11) is 0. The third-order valence-electron chi connectivity index (χ3n) is 2.79. The van der Waals surface area contributed by atoms with Gasteiger partial charge in [0.2, 0.25) is 0 Å². The van der Waals surface area contributed by atoms with Gasteiger partial charge in [-0.15, -0.1) is 0 Å². The average molecular weight is 306 g/mol. The highest BCUT2D eigenvalue weighted by Crippen LogP contribution is 2.22. The first-order valence-corrected chi connectivity index (χ1v) is 6.68. The van der Waals surface area contributed by atoms with Gasteiger partial charge in [-0.2, -0.15) is 0 Å². The molecule has 2 rings (SSSR count). The molecule has 0 fully saturated rings. The number of hydrogen-bond donors (Lipinski definition) is 2. The van der Waals surface area contributed by atoms with Crippen LogP contribution >= 0.6 is 15.9 Å². The van der Waals surface area contributed by atoms with Crippen LogP contribution in [-0.2, 0) is 0 Å². The van der Waals surface area contributed by atoms with Crippen LogP contribution in [0.5, 0.6) is 0 Å². The molecule has 0 aromatic heterocycles. The van der Waals surface area contributed by atoms with E-state index in [1.165, 1.54) is 5.56 Å². The van der Waals surface area contributed by atoms with Crippen LogP contribution in [0, 0.1) is 6.92 Å². The molecule has 94 valence electrons. The molecule has 18 heavy (non-hydrogen) atoms. The van der Waals surface area contributed by atoms with E-state index in [9.17, 15) is 5.11 Å². The molecule has 0 saturated heterocycles. The fraction of sp³-hybridized carbons (Fsp3) is 0.200. The minimum Gasteiger partial charge on any atom is -0.394 e. The third-order valence-corrected chi connectivity index (χ3v) is 3.29. The smallest absolute Gasteiger partial charge is 0.0745 e. The van der Waals surface area contributed by atoms with E-state index in [1.54, 1.807) is 0 Å². The zero-order chi connectivity index (χ0) is 13.0. The highest BCUT2D eigenvalue weighted by Gasteiger charge is 2.10. The first kappa shape index (κ1) is 13.1. The second-order valence-electron chi connectivity index (χ2n) is 4.30. The Hall–Kier alpha value is -1.32. The van der Waals surface area contributed by atoms with Gasteiger partial charge < -0.3 is 10.4 Å². The van der Waals surface area contributed by atoms with Gasteiger partial charge in [-0.1, -0.05) is 51.8 Å². The second-order valence-corrected chi connectivity index (χ2v) is 5.22. The van der Waals surface area contributed by atoms with E-state index in [4.69, 9.17) is 0 Å². The van der Waals surface area contributed by atoms with E-state index >= 15 is 0 Å². The van der Waals surface area contributed by atoms with E-state index in [-0.39, 0.29) is 12.6 Å². The van der Waals surface area contributed by atoms with Crippen LogP contribution < -0.4 is 5.32 Å². The molecular formula is C15H16BrNO. The van der Waals surface area contributed by atoms with Gasteiger partial charge in [0, 0.05) is 10.2 Å². The lowest BCUT2D eigenvalue weighted by molar-refractivity contribution is 0.276. The number of benzene rings is 2. The van der Waals surface area contributed by atoms with E-state index in [2.05, 4.69) is 40.3 Å². The van der Waals surface area contributed by atoms with Crippen molar-refractivity contribution in [3.05, 3.63) is 64.1 Å². The van der Waals surface area contributed by atoms with Gasteiger partial charge in [-0.3, -0.25) is 0 Å². The molecule has 0 radical (unpaired) electrons. The molecule has 2 N–H and O–H groups in total. The zero-order valence-electron chi connectivity index (χ0n) is 10.2. The lowest BCUT2D eigenvalue weighted by atomic mass is 10.0. The van der Waals surface area contributed by atoms with E-state index in [1.807, 2.05) is 36.4 Å². The van der Waals surface area contributed by atoms with Crippen LogP contribution in [0.4, 0.5) is 5.69 Å². The van der Waals surface area contributed by atoms with Crippen LogP contribution in [-0.4, -0.2) is 11.7 Å². The highest BCUT2D eigenvalue weighted by molar-refractivity contribution is 9.10. The molecule has 1 unspecified atom stereocenters. The first-order chi connectivity index (χ1) is 8.69.